The van der Waals surface area contributed by atoms with E-state index in [4.69, 9.17) is 5.73 Å². The van der Waals surface area contributed by atoms with Crippen molar-refractivity contribution < 1.29 is 8.42 Å². The number of halogens is 1. The van der Waals surface area contributed by atoms with Crippen LogP contribution in [0.15, 0.2) is 22.7 Å². The molecule has 0 bridgehead atoms. The van der Waals surface area contributed by atoms with Gasteiger partial charge in [0.25, 0.3) is 0 Å². The third-order valence-electron chi connectivity index (χ3n) is 3.19. The molecule has 1 aliphatic heterocycles. The van der Waals surface area contributed by atoms with Gasteiger partial charge in [-0.05, 0) is 18.6 Å². The predicted octanol–water partition coefficient (Wildman–Crippen LogP) is 1.53. The Kier molecular flexibility index (Phi) is 4.29. The number of hydrogen-bond donors (Lipinski definition) is 1. The minimum Gasteiger partial charge on any atom is -0.370 e. The summed E-state index contributed by atoms with van der Waals surface area (Å²) in [4.78, 5) is 2.12. The van der Waals surface area contributed by atoms with E-state index in [1.54, 1.807) is 0 Å². The lowest BCUT2D eigenvalue weighted by atomic mass is 10.1. The molecule has 0 aromatic heterocycles. The maximum atomic E-state index is 11.6. The molecular weight excluding hydrogens is 316 g/mol. The average Bonchev–Trinajstić information content (AvgIpc) is 2.50. The molecule has 2 N–H and O–H groups in total. The Bertz CT molecular complexity index is 531. The smallest absolute Gasteiger partial charge is 0.152 e. The first-order valence-electron chi connectivity index (χ1n) is 5.96. The highest BCUT2D eigenvalue weighted by molar-refractivity contribution is 9.10. The van der Waals surface area contributed by atoms with Crippen LogP contribution in [-0.2, 0) is 16.4 Å². The SMILES string of the molecule is NCc1c(Br)cccc1N1CCCS(=O)(=O)CC1. The zero-order valence-electron chi connectivity index (χ0n) is 10.1. The Labute approximate surface area is 116 Å². The molecular formula is C12H17BrN2O2S. The maximum absolute atomic E-state index is 11.6. The quantitative estimate of drug-likeness (QED) is 0.892. The van der Waals surface area contributed by atoms with Gasteiger partial charge in [-0.25, -0.2) is 8.42 Å². The fourth-order valence-electron chi connectivity index (χ4n) is 2.22. The van der Waals surface area contributed by atoms with Crippen molar-refractivity contribution in [3.05, 3.63) is 28.2 Å². The Morgan fingerprint density at radius 3 is 2.78 bits per heavy atom. The lowest BCUT2D eigenvalue weighted by Crippen LogP contribution is -2.28. The van der Waals surface area contributed by atoms with Crippen LogP contribution in [0, 0.1) is 0 Å². The van der Waals surface area contributed by atoms with Gasteiger partial charge in [-0.1, -0.05) is 22.0 Å². The largest absolute Gasteiger partial charge is 0.370 e. The Morgan fingerprint density at radius 1 is 1.28 bits per heavy atom. The van der Waals surface area contributed by atoms with Gasteiger partial charge in [-0.15, -0.1) is 0 Å². The summed E-state index contributed by atoms with van der Waals surface area (Å²) in [6.45, 7) is 1.76. The van der Waals surface area contributed by atoms with Crippen molar-refractivity contribution in [1.29, 1.82) is 0 Å². The van der Waals surface area contributed by atoms with Crippen molar-refractivity contribution in [2.24, 2.45) is 5.73 Å². The van der Waals surface area contributed by atoms with E-state index < -0.39 is 9.84 Å². The van der Waals surface area contributed by atoms with Crippen LogP contribution in [-0.4, -0.2) is 33.0 Å². The standard InChI is InChI=1S/C12H17BrN2O2S/c13-11-3-1-4-12(10(11)9-14)15-5-2-7-18(16,17)8-6-15/h1,3-4H,2,5-9,14H2. The van der Waals surface area contributed by atoms with E-state index in [1.165, 1.54) is 0 Å². The molecule has 2 rings (SSSR count). The van der Waals surface area contributed by atoms with Crippen LogP contribution in [0.5, 0.6) is 0 Å². The Balaban J connectivity index is 2.29. The third kappa shape index (κ3) is 3.05. The highest BCUT2D eigenvalue weighted by Crippen LogP contribution is 2.28. The summed E-state index contributed by atoms with van der Waals surface area (Å²) < 4.78 is 24.2. The second-order valence-corrected chi connectivity index (χ2v) is 7.59. The van der Waals surface area contributed by atoms with Gasteiger partial charge in [0.2, 0.25) is 0 Å². The van der Waals surface area contributed by atoms with Crippen LogP contribution < -0.4 is 10.6 Å². The topological polar surface area (TPSA) is 63.4 Å². The third-order valence-corrected chi connectivity index (χ3v) is 5.65. The summed E-state index contributed by atoms with van der Waals surface area (Å²) in [6.07, 6.45) is 0.679. The molecule has 100 valence electrons. The summed E-state index contributed by atoms with van der Waals surface area (Å²) in [7, 11) is -2.87. The number of nitrogens with two attached hydrogens (primary N) is 1. The van der Waals surface area contributed by atoms with Crippen LogP contribution in [0.3, 0.4) is 0 Å². The van der Waals surface area contributed by atoms with E-state index in [9.17, 15) is 8.42 Å². The van der Waals surface area contributed by atoms with Crippen molar-refractivity contribution >= 4 is 31.5 Å². The predicted molar refractivity (Wildman–Crippen MR) is 77.5 cm³/mol. The van der Waals surface area contributed by atoms with Crippen molar-refractivity contribution in [3.63, 3.8) is 0 Å². The van der Waals surface area contributed by atoms with Crippen LogP contribution in [0.25, 0.3) is 0 Å². The summed E-state index contributed by atoms with van der Waals surface area (Å²) in [5.74, 6) is 0.513. The Hall–Kier alpha value is -0.590. The minimum atomic E-state index is -2.87. The number of rotatable bonds is 2. The first-order valence-corrected chi connectivity index (χ1v) is 8.58. The molecule has 1 aromatic carbocycles. The first kappa shape index (κ1) is 13.8. The zero-order valence-corrected chi connectivity index (χ0v) is 12.5. The molecule has 4 nitrogen and oxygen atoms in total. The number of sulfone groups is 1. The van der Waals surface area contributed by atoms with Gasteiger partial charge in [-0.2, -0.15) is 0 Å². The lowest BCUT2D eigenvalue weighted by Gasteiger charge is -2.25. The van der Waals surface area contributed by atoms with Crippen molar-refractivity contribution in [2.75, 3.05) is 29.5 Å². The molecule has 0 unspecified atom stereocenters. The van der Waals surface area contributed by atoms with Gasteiger partial charge < -0.3 is 10.6 Å². The molecule has 1 aliphatic rings. The number of anilines is 1. The highest BCUT2D eigenvalue weighted by Gasteiger charge is 2.21. The second-order valence-electron chi connectivity index (χ2n) is 4.43. The fraction of sp³-hybridized carbons (Fsp3) is 0.500. The summed E-state index contributed by atoms with van der Waals surface area (Å²) in [5.41, 5.74) is 7.86. The number of nitrogens with zero attached hydrogens (tertiary/aromatic N) is 1. The van der Waals surface area contributed by atoms with Crippen LogP contribution in [0.4, 0.5) is 5.69 Å². The van der Waals surface area contributed by atoms with Crippen molar-refractivity contribution in [2.45, 2.75) is 13.0 Å². The van der Waals surface area contributed by atoms with E-state index in [0.717, 1.165) is 22.3 Å². The molecule has 18 heavy (non-hydrogen) atoms. The van der Waals surface area contributed by atoms with Gasteiger partial charge in [-0.3, -0.25) is 0 Å². The van der Waals surface area contributed by atoms with Gasteiger partial charge in [0, 0.05) is 35.4 Å². The monoisotopic (exact) mass is 332 g/mol. The van der Waals surface area contributed by atoms with E-state index >= 15 is 0 Å². The normalized spacial score (nSPS) is 19.6. The lowest BCUT2D eigenvalue weighted by molar-refractivity contribution is 0.597. The molecule has 1 saturated heterocycles. The first-order chi connectivity index (χ1) is 8.53. The zero-order chi connectivity index (χ0) is 13.2. The molecule has 0 radical (unpaired) electrons. The van der Waals surface area contributed by atoms with Crippen molar-refractivity contribution in [1.82, 2.24) is 0 Å². The summed E-state index contributed by atoms with van der Waals surface area (Å²) >= 11 is 3.49. The van der Waals surface area contributed by atoms with Crippen LogP contribution >= 0.6 is 15.9 Å². The number of benzene rings is 1. The van der Waals surface area contributed by atoms with E-state index in [0.29, 0.717) is 19.5 Å². The molecule has 0 atom stereocenters. The highest BCUT2D eigenvalue weighted by atomic mass is 79.9. The van der Waals surface area contributed by atoms with Gasteiger partial charge in [0.15, 0.2) is 9.84 Å². The maximum Gasteiger partial charge on any atom is 0.152 e. The number of hydrogen-bond acceptors (Lipinski definition) is 4. The van der Waals surface area contributed by atoms with Crippen LogP contribution in [0.1, 0.15) is 12.0 Å². The Morgan fingerprint density at radius 2 is 2.06 bits per heavy atom. The molecule has 1 fully saturated rings. The molecule has 1 aromatic rings. The fourth-order valence-corrected chi connectivity index (χ4v) is 4.01. The van der Waals surface area contributed by atoms with E-state index in [-0.39, 0.29) is 11.5 Å². The molecule has 0 spiro atoms. The molecule has 6 heteroatoms. The molecule has 0 amide bonds. The van der Waals surface area contributed by atoms with Gasteiger partial charge in [0.05, 0.1) is 11.5 Å². The van der Waals surface area contributed by atoms with Gasteiger partial charge in [0.1, 0.15) is 0 Å². The summed E-state index contributed by atoms with van der Waals surface area (Å²) in [5, 5.41) is 0. The molecule has 1 heterocycles. The van der Waals surface area contributed by atoms with E-state index in [1.807, 2.05) is 18.2 Å². The van der Waals surface area contributed by atoms with E-state index in [2.05, 4.69) is 20.8 Å². The summed E-state index contributed by atoms with van der Waals surface area (Å²) in [6, 6.07) is 5.92. The minimum absolute atomic E-state index is 0.226. The van der Waals surface area contributed by atoms with Crippen LogP contribution in [0.2, 0.25) is 0 Å². The average molecular weight is 333 g/mol. The van der Waals surface area contributed by atoms with Crippen molar-refractivity contribution in [3.8, 4) is 0 Å². The van der Waals surface area contributed by atoms with Gasteiger partial charge >= 0.3 is 0 Å². The molecule has 0 saturated carbocycles. The molecule has 0 aliphatic carbocycles. The second kappa shape index (κ2) is 5.59.